The van der Waals surface area contributed by atoms with Gasteiger partial charge in [0.2, 0.25) is 6.10 Å². The topological polar surface area (TPSA) is 115 Å². The molecule has 10 nitrogen and oxygen atoms in total. The third-order valence-electron chi connectivity index (χ3n) is 4.52. The fourth-order valence-electron chi connectivity index (χ4n) is 2.95. The fraction of sp³-hybridized carbons (Fsp3) is 0.474. The van der Waals surface area contributed by atoms with Gasteiger partial charge in [-0.25, -0.2) is 13.5 Å². The van der Waals surface area contributed by atoms with Crippen LogP contribution in [0.5, 0.6) is 0 Å². The highest BCUT2D eigenvalue weighted by Gasteiger charge is 2.41. The maximum absolute atomic E-state index is 14.5. The van der Waals surface area contributed by atoms with Crippen molar-refractivity contribution in [3.63, 3.8) is 0 Å². The average Bonchev–Trinajstić information content (AvgIpc) is 3.36. The lowest BCUT2D eigenvalue weighted by Crippen LogP contribution is -2.39. The zero-order valence-corrected chi connectivity index (χ0v) is 18.6. The van der Waals surface area contributed by atoms with E-state index in [4.69, 9.17) is 21.7 Å². The Morgan fingerprint density at radius 2 is 2.06 bits per heavy atom. The molecule has 1 fully saturated rings. The van der Waals surface area contributed by atoms with E-state index in [0.29, 0.717) is 5.69 Å². The van der Waals surface area contributed by atoms with Gasteiger partial charge in [0.1, 0.15) is 11.4 Å². The number of hydrogen-bond acceptors (Lipinski definition) is 7. The number of aliphatic hydroxyl groups is 2. The van der Waals surface area contributed by atoms with Crippen LogP contribution in [-0.4, -0.2) is 69.5 Å². The van der Waals surface area contributed by atoms with Gasteiger partial charge >= 0.3 is 0 Å². The summed E-state index contributed by atoms with van der Waals surface area (Å²) in [5.74, 6) is -2.62. The molecule has 2 aromatic rings. The second-order valence-electron chi connectivity index (χ2n) is 7.40. The zero-order valence-electron chi connectivity index (χ0n) is 17.8. The molecule has 4 N–H and O–H groups in total. The second-order valence-corrected chi connectivity index (χ2v) is 7.77. The summed E-state index contributed by atoms with van der Waals surface area (Å²) in [6.07, 6.45) is 0.853. The van der Waals surface area contributed by atoms with Gasteiger partial charge in [-0.2, -0.15) is 0 Å². The number of nitrogens with one attached hydrogen (secondary N) is 3. The Hall–Kier alpha value is -2.90. The Morgan fingerprint density at radius 3 is 2.69 bits per heavy atom. The molecule has 32 heavy (non-hydrogen) atoms. The number of ether oxygens (including phenoxy) is 3. The van der Waals surface area contributed by atoms with E-state index < -0.39 is 23.5 Å². The molecule has 0 saturated carbocycles. The number of thiocarbonyl (C=S) groups is 1. The first-order chi connectivity index (χ1) is 15.2. The maximum Gasteiger partial charge on any atom is 0.269 e. The lowest BCUT2D eigenvalue weighted by molar-refractivity contribution is -0.226. The first-order valence-electron chi connectivity index (χ1n) is 9.79. The highest BCUT2D eigenvalue weighted by Crippen LogP contribution is 2.23. The summed E-state index contributed by atoms with van der Waals surface area (Å²) in [5.41, 5.74) is 0.367. The van der Waals surface area contributed by atoms with Crippen LogP contribution in [0.1, 0.15) is 19.5 Å². The van der Waals surface area contributed by atoms with E-state index in [0.717, 1.165) is 12.1 Å². The molecule has 0 radical (unpaired) electrons. The number of carbonyl (C=O) groups excluding carboxylic acids is 1. The first-order valence-corrected chi connectivity index (χ1v) is 10.2. The number of hydrogen-bond donors (Lipinski definition) is 3. The molecule has 1 aliphatic heterocycles. The standard InChI is InChI=1S/C19H24F2N6O4S/c1-19(2)30-10-15(31-19)17(28)23-5-4-22-16-13(20)6-12(7-14(16)21)27-9-11(25-26-27)8-24-18(32)29-3/h6-7,9,15,22H,4-5,8,10H2,1-3H3,(H,23,28)(H,24,32)/p+1/t15-/m1/s1. The molecule has 0 aliphatic carbocycles. The van der Waals surface area contributed by atoms with E-state index in [1.165, 1.54) is 18.0 Å². The molecule has 1 amide bonds. The highest BCUT2D eigenvalue weighted by atomic mass is 32.1. The van der Waals surface area contributed by atoms with Gasteiger partial charge in [-0.3, -0.25) is 9.53 Å². The summed E-state index contributed by atoms with van der Waals surface area (Å²) in [6.45, 7) is 4.33. The molecule has 1 aliphatic rings. The minimum atomic E-state index is -0.804. The molecule has 0 spiro atoms. The lowest BCUT2D eigenvalue weighted by Gasteiger charge is -2.13. The van der Waals surface area contributed by atoms with E-state index in [-0.39, 0.29) is 48.7 Å². The lowest BCUT2D eigenvalue weighted by atomic mass is 10.2. The first kappa shape index (κ1) is 23.8. The summed E-state index contributed by atoms with van der Waals surface area (Å²) < 4.78 is 44.8. The van der Waals surface area contributed by atoms with E-state index >= 15 is 0 Å². The van der Waals surface area contributed by atoms with Crippen molar-refractivity contribution in [3.8, 4) is 5.69 Å². The number of rotatable bonds is 8. The van der Waals surface area contributed by atoms with Crippen LogP contribution < -0.4 is 16.0 Å². The van der Waals surface area contributed by atoms with Crippen molar-refractivity contribution in [2.45, 2.75) is 32.3 Å². The molecule has 0 unspecified atom stereocenters. The number of carbonyl (C=O) groups is 1. The van der Waals surface area contributed by atoms with Crippen molar-refractivity contribution in [2.75, 3.05) is 32.1 Å². The Kier molecular flexibility index (Phi) is 7.53. The SMILES string of the molecule is COC(=S)NCc1cn(-c2cc(F)c(NCCNC(=O)[C@H]3C[OH+]C(C)(C)O3)c(F)c2)nn1. The van der Waals surface area contributed by atoms with Gasteiger partial charge in [-0.15, -0.1) is 5.10 Å². The monoisotopic (exact) mass is 471 g/mol. The van der Waals surface area contributed by atoms with E-state index in [1.54, 1.807) is 13.8 Å². The van der Waals surface area contributed by atoms with Crippen molar-refractivity contribution in [1.82, 2.24) is 25.6 Å². The van der Waals surface area contributed by atoms with Crippen molar-refractivity contribution >= 4 is 29.0 Å². The van der Waals surface area contributed by atoms with Crippen LogP contribution in [-0.2, 0) is 20.8 Å². The number of aromatic nitrogens is 3. The van der Waals surface area contributed by atoms with Crippen LogP contribution >= 0.6 is 12.2 Å². The smallest absolute Gasteiger partial charge is 0.269 e. The summed E-state index contributed by atoms with van der Waals surface area (Å²) in [4.78, 5) is 12.1. The van der Waals surface area contributed by atoms with Crippen LogP contribution in [0.4, 0.5) is 14.5 Å². The van der Waals surface area contributed by atoms with Gasteiger partial charge in [0.05, 0.1) is 25.5 Å². The van der Waals surface area contributed by atoms with Crippen LogP contribution in [0.25, 0.3) is 5.69 Å². The Balaban J connectivity index is 1.53. The molecule has 1 saturated heterocycles. The fourth-order valence-corrected chi connectivity index (χ4v) is 3.02. The second kappa shape index (κ2) is 10.1. The Morgan fingerprint density at radius 1 is 1.34 bits per heavy atom. The van der Waals surface area contributed by atoms with E-state index in [9.17, 15) is 13.6 Å². The van der Waals surface area contributed by atoms with Crippen LogP contribution in [0.3, 0.4) is 0 Å². The molecule has 13 heteroatoms. The molecule has 1 aromatic heterocycles. The number of methoxy groups -OCH3 is 1. The molecular weight excluding hydrogens is 446 g/mol. The van der Waals surface area contributed by atoms with Gasteiger partial charge in [-0.05, 0) is 12.2 Å². The number of nitrogens with zero attached hydrogens (tertiary/aromatic N) is 3. The van der Waals surface area contributed by atoms with Crippen molar-refractivity contribution in [1.29, 1.82) is 0 Å². The van der Waals surface area contributed by atoms with Gasteiger partial charge in [0.25, 0.3) is 16.9 Å². The average molecular weight is 472 g/mol. The summed E-state index contributed by atoms with van der Waals surface area (Å²) in [6, 6.07) is 2.26. The van der Waals surface area contributed by atoms with E-state index in [1.807, 2.05) is 0 Å². The third-order valence-corrected chi connectivity index (χ3v) is 4.83. The highest BCUT2D eigenvalue weighted by molar-refractivity contribution is 7.80. The van der Waals surface area contributed by atoms with Crippen molar-refractivity contribution in [3.05, 3.63) is 35.7 Å². The van der Waals surface area contributed by atoms with Gasteiger partial charge in [0, 0.05) is 39.1 Å². The van der Waals surface area contributed by atoms with Crippen molar-refractivity contribution < 1.29 is 27.8 Å². The van der Waals surface area contributed by atoms with E-state index in [2.05, 4.69) is 31.0 Å². The maximum atomic E-state index is 14.5. The molecular formula is C19H25F2N6O4S+. The number of anilines is 1. The molecule has 1 aromatic carbocycles. The molecule has 2 heterocycles. The van der Waals surface area contributed by atoms with Crippen LogP contribution in [0, 0.1) is 11.6 Å². The summed E-state index contributed by atoms with van der Waals surface area (Å²) >= 11 is 4.87. The predicted molar refractivity (Wildman–Crippen MR) is 115 cm³/mol. The number of benzene rings is 1. The number of halogens is 2. The van der Waals surface area contributed by atoms with Crippen LogP contribution in [0.2, 0.25) is 0 Å². The molecule has 0 bridgehead atoms. The van der Waals surface area contributed by atoms with Gasteiger partial charge in [-0.1, -0.05) is 5.21 Å². The minimum Gasteiger partial charge on any atom is -0.474 e. The van der Waals surface area contributed by atoms with Crippen molar-refractivity contribution in [2.24, 2.45) is 0 Å². The number of amides is 1. The predicted octanol–water partition coefficient (Wildman–Crippen LogP) is 0.757. The zero-order chi connectivity index (χ0) is 23.3. The largest absolute Gasteiger partial charge is 0.474 e. The molecule has 174 valence electrons. The minimum absolute atomic E-state index is 0.116. The molecule has 1 atom stereocenters. The summed E-state index contributed by atoms with van der Waals surface area (Å²) in [5, 5.41) is 16.1. The normalized spacial score (nSPS) is 17.1. The van der Waals surface area contributed by atoms with Crippen LogP contribution in [0.15, 0.2) is 18.3 Å². The Labute approximate surface area is 188 Å². The van der Waals surface area contributed by atoms with Gasteiger partial charge < -0.3 is 25.4 Å². The quantitative estimate of drug-likeness (QED) is 0.294. The third kappa shape index (κ3) is 6.08. The molecule has 3 rings (SSSR count). The summed E-state index contributed by atoms with van der Waals surface area (Å²) in [7, 11) is 1.43. The Bertz CT molecular complexity index is 963. The van der Waals surface area contributed by atoms with Gasteiger partial charge in [0.15, 0.2) is 18.2 Å².